The fourth-order valence-corrected chi connectivity index (χ4v) is 2.58. The predicted molar refractivity (Wildman–Crippen MR) is 55.3 cm³/mol. The van der Waals surface area contributed by atoms with Crippen molar-refractivity contribution < 1.29 is 9.90 Å². The molecule has 0 unspecified atom stereocenters. The van der Waals surface area contributed by atoms with Gasteiger partial charge in [0.05, 0.1) is 5.69 Å². The largest absolute Gasteiger partial charge is 0.477 e. The van der Waals surface area contributed by atoms with Crippen molar-refractivity contribution in [3.63, 3.8) is 0 Å². The molecule has 2 rings (SSSR count). The second-order valence-electron chi connectivity index (χ2n) is 3.41. The Kier molecular flexibility index (Phi) is 2.41. The van der Waals surface area contributed by atoms with Crippen molar-refractivity contribution in [3.05, 3.63) is 10.6 Å². The van der Waals surface area contributed by atoms with Gasteiger partial charge in [0.15, 0.2) is 5.13 Å². The third-order valence-electron chi connectivity index (χ3n) is 2.36. The van der Waals surface area contributed by atoms with E-state index in [1.54, 1.807) is 6.92 Å². The van der Waals surface area contributed by atoms with Gasteiger partial charge in [-0.3, -0.25) is 0 Å². The molecule has 14 heavy (non-hydrogen) atoms. The van der Waals surface area contributed by atoms with Crippen LogP contribution >= 0.6 is 11.3 Å². The summed E-state index contributed by atoms with van der Waals surface area (Å²) in [6, 6.07) is 0. The van der Waals surface area contributed by atoms with Crippen molar-refractivity contribution in [1.29, 1.82) is 0 Å². The van der Waals surface area contributed by atoms with E-state index in [0.717, 1.165) is 18.2 Å². The Bertz CT molecular complexity index is 356. The van der Waals surface area contributed by atoms with Crippen molar-refractivity contribution in [1.82, 2.24) is 4.98 Å². The van der Waals surface area contributed by atoms with Crippen molar-refractivity contribution in [2.75, 3.05) is 18.0 Å². The van der Waals surface area contributed by atoms with Gasteiger partial charge in [-0.15, -0.1) is 0 Å². The van der Waals surface area contributed by atoms with Gasteiger partial charge in [-0.2, -0.15) is 0 Å². The van der Waals surface area contributed by atoms with Crippen LogP contribution in [0.4, 0.5) is 5.13 Å². The van der Waals surface area contributed by atoms with Gasteiger partial charge in [0.1, 0.15) is 4.88 Å². The van der Waals surface area contributed by atoms with Gasteiger partial charge in [0.2, 0.25) is 0 Å². The Morgan fingerprint density at radius 2 is 2.14 bits per heavy atom. The van der Waals surface area contributed by atoms with Crippen LogP contribution in [-0.4, -0.2) is 29.1 Å². The van der Waals surface area contributed by atoms with Crippen LogP contribution in [0.3, 0.4) is 0 Å². The highest BCUT2D eigenvalue weighted by Gasteiger charge is 2.20. The minimum Gasteiger partial charge on any atom is -0.477 e. The molecule has 1 aliphatic heterocycles. The molecule has 0 aliphatic carbocycles. The number of nitrogens with zero attached hydrogens (tertiary/aromatic N) is 2. The smallest absolute Gasteiger partial charge is 0.347 e. The van der Waals surface area contributed by atoms with Gasteiger partial charge in [-0.1, -0.05) is 11.3 Å². The minimum absolute atomic E-state index is 0.368. The second kappa shape index (κ2) is 3.57. The van der Waals surface area contributed by atoms with Crippen LogP contribution in [0.5, 0.6) is 0 Å². The number of rotatable bonds is 2. The normalized spacial score (nSPS) is 16.2. The maximum Gasteiger partial charge on any atom is 0.347 e. The maximum absolute atomic E-state index is 10.8. The molecule has 76 valence electrons. The van der Waals surface area contributed by atoms with E-state index in [1.807, 2.05) is 0 Å². The monoisotopic (exact) mass is 212 g/mol. The summed E-state index contributed by atoms with van der Waals surface area (Å²) in [4.78, 5) is 17.6. The lowest BCUT2D eigenvalue weighted by molar-refractivity contribution is 0.0701. The molecule has 0 amide bonds. The fourth-order valence-electron chi connectivity index (χ4n) is 1.62. The van der Waals surface area contributed by atoms with Crippen LogP contribution < -0.4 is 4.90 Å². The number of hydrogen-bond acceptors (Lipinski definition) is 4. The fraction of sp³-hybridized carbons (Fsp3) is 0.556. The average Bonchev–Trinajstić information content (AvgIpc) is 2.70. The summed E-state index contributed by atoms with van der Waals surface area (Å²) >= 11 is 1.28. The number of carboxylic acid groups (broad SMARTS) is 1. The van der Waals surface area contributed by atoms with Crippen LogP contribution in [-0.2, 0) is 0 Å². The number of hydrogen-bond donors (Lipinski definition) is 1. The summed E-state index contributed by atoms with van der Waals surface area (Å²) in [6.07, 6.45) is 2.36. The first-order valence-corrected chi connectivity index (χ1v) is 5.46. The second-order valence-corrected chi connectivity index (χ2v) is 4.39. The van der Waals surface area contributed by atoms with Crippen molar-refractivity contribution in [2.45, 2.75) is 19.8 Å². The van der Waals surface area contributed by atoms with E-state index in [-0.39, 0.29) is 0 Å². The number of thiazole rings is 1. The van der Waals surface area contributed by atoms with E-state index in [9.17, 15) is 4.79 Å². The molecule has 1 saturated heterocycles. The zero-order valence-corrected chi connectivity index (χ0v) is 8.80. The van der Waals surface area contributed by atoms with E-state index < -0.39 is 5.97 Å². The lowest BCUT2D eigenvalue weighted by atomic mass is 10.4. The first-order chi connectivity index (χ1) is 6.68. The zero-order valence-electron chi connectivity index (χ0n) is 7.99. The lowest BCUT2D eigenvalue weighted by Crippen LogP contribution is -2.17. The van der Waals surface area contributed by atoms with Gasteiger partial charge in [0.25, 0.3) is 0 Å². The molecule has 1 aromatic rings. The number of aryl methyl sites for hydroxylation is 1. The predicted octanol–water partition coefficient (Wildman–Crippen LogP) is 1.75. The zero-order chi connectivity index (χ0) is 10.1. The highest BCUT2D eigenvalue weighted by Crippen LogP contribution is 2.28. The summed E-state index contributed by atoms with van der Waals surface area (Å²) in [5.74, 6) is -0.870. The molecule has 5 heteroatoms. The molecular formula is C9H12N2O2S. The number of carbonyl (C=O) groups is 1. The third-order valence-corrected chi connectivity index (χ3v) is 3.56. The molecule has 4 nitrogen and oxygen atoms in total. The van der Waals surface area contributed by atoms with Crippen LogP contribution in [0, 0.1) is 6.92 Å². The SMILES string of the molecule is Cc1nc(N2CCCC2)sc1C(=O)O. The summed E-state index contributed by atoms with van der Waals surface area (Å²) in [6.45, 7) is 3.76. The molecule has 0 radical (unpaired) electrons. The first-order valence-electron chi connectivity index (χ1n) is 4.64. The summed E-state index contributed by atoms with van der Waals surface area (Å²) in [5, 5.41) is 9.73. The Morgan fingerprint density at radius 1 is 1.50 bits per heavy atom. The Labute approximate surface area is 86.2 Å². The Balaban J connectivity index is 2.27. The van der Waals surface area contributed by atoms with E-state index in [0.29, 0.717) is 10.6 Å². The molecule has 1 fully saturated rings. The molecular weight excluding hydrogens is 200 g/mol. The van der Waals surface area contributed by atoms with Gasteiger partial charge >= 0.3 is 5.97 Å². The molecule has 0 spiro atoms. The molecule has 2 heterocycles. The van der Waals surface area contributed by atoms with Crippen molar-refractivity contribution >= 4 is 22.4 Å². The number of anilines is 1. The molecule has 0 atom stereocenters. The molecule has 0 bridgehead atoms. The number of aromatic carboxylic acids is 1. The van der Waals surface area contributed by atoms with Crippen LogP contribution in [0.2, 0.25) is 0 Å². The molecule has 1 aromatic heterocycles. The quantitative estimate of drug-likeness (QED) is 0.811. The lowest BCUT2D eigenvalue weighted by Gasteiger charge is -2.11. The van der Waals surface area contributed by atoms with Gasteiger partial charge in [-0.25, -0.2) is 9.78 Å². The van der Waals surface area contributed by atoms with E-state index in [4.69, 9.17) is 5.11 Å². The first kappa shape index (κ1) is 9.45. The van der Waals surface area contributed by atoms with E-state index in [1.165, 1.54) is 24.2 Å². The Hall–Kier alpha value is -1.10. The van der Waals surface area contributed by atoms with Crippen LogP contribution in [0.25, 0.3) is 0 Å². The van der Waals surface area contributed by atoms with Gasteiger partial charge in [-0.05, 0) is 19.8 Å². The van der Waals surface area contributed by atoms with E-state index >= 15 is 0 Å². The van der Waals surface area contributed by atoms with E-state index in [2.05, 4.69) is 9.88 Å². The topological polar surface area (TPSA) is 53.4 Å². The highest BCUT2D eigenvalue weighted by atomic mass is 32.1. The molecule has 0 aromatic carbocycles. The molecule has 1 N–H and O–H groups in total. The van der Waals surface area contributed by atoms with Crippen LogP contribution in [0.1, 0.15) is 28.2 Å². The number of carboxylic acids is 1. The van der Waals surface area contributed by atoms with Crippen molar-refractivity contribution in [3.8, 4) is 0 Å². The maximum atomic E-state index is 10.8. The van der Waals surface area contributed by atoms with Gasteiger partial charge < -0.3 is 10.0 Å². The minimum atomic E-state index is -0.870. The average molecular weight is 212 g/mol. The highest BCUT2D eigenvalue weighted by molar-refractivity contribution is 7.17. The van der Waals surface area contributed by atoms with Crippen LogP contribution in [0.15, 0.2) is 0 Å². The standard InChI is InChI=1S/C9H12N2O2S/c1-6-7(8(12)13)14-9(10-6)11-4-2-3-5-11/h2-5H2,1H3,(H,12,13). The molecule has 0 saturated carbocycles. The number of aromatic nitrogens is 1. The third kappa shape index (κ3) is 1.59. The summed E-state index contributed by atoms with van der Waals surface area (Å²) in [7, 11) is 0. The Morgan fingerprint density at radius 3 is 2.64 bits per heavy atom. The van der Waals surface area contributed by atoms with Gasteiger partial charge in [0, 0.05) is 13.1 Å². The summed E-state index contributed by atoms with van der Waals surface area (Å²) in [5.41, 5.74) is 0.629. The summed E-state index contributed by atoms with van der Waals surface area (Å²) < 4.78 is 0. The molecule has 1 aliphatic rings. The van der Waals surface area contributed by atoms with Crippen molar-refractivity contribution in [2.24, 2.45) is 0 Å².